The highest BCUT2D eigenvalue weighted by atomic mass is 16.5. The van der Waals surface area contributed by atoms with Crippen LogP contribution in [0, 0.1) is 5.92 Å². The predicted octanol–water partition coefficient (Wildman–Crippen LogP) is 5.46. The second-order valence-electron chi connectivity index (χ2n) is 10.6. The molecule has 2 aromatic heterocycles. The summed E-state index contributed by atoms with van der Waals surface area (Å²) in [5, 5.41) is 22.6. The first-order valence-electron chi connectivity index (χ1n) is 13.3. The van der Waals surface area contributed by atoms with Crippen LogP contribution in [0.4, 0.5) is 10.5 Å². The molecule has 2 aliphatic rings. The Hall–Kier alpha value is -4.11. The third-order valence-corrected chi connectivity index (χ3v) is 8.38. The van der Waals surface area contributed by atoms with E-state index in [9.17, 15) is 19.8 Å². The molecule has 9 nitrogen and oxygen atoms in total. The second-order valence-corrected chi connectivity index (χ2v) is 10.6. The van der Waals surface area contributed by atoms with E-state index >= 15 is 0 Å². The number of methoxy groups -OCH3 is 1. The minimum atomic E-state index is -1.02. The largest absolute Gasteiger partial charge is 0.481 e. The van der Waals surface area contributed by atoms with Gasteiger partial charge in [0.1, 0.15) is 11.9 Å². The Morgan fingerprint density at radius 3 is 2.69 bits per heavy atom. The summed E-state index contributed by atoms with van der Waals surface area (Å²) >= 11 is 0. The Morgan fingerprint density at radius 1 is 1.13 bits per heavy atom. The summed E-state index contributed by atoms with van der Waals surface area (Å²) in [4.78, 5) is 31.0. The first kappa shape index (κ1) is 25.2. The first-order valence-corrected chi connectivity index (χ1v) is 13.3. The lowest BCUT2D eigenvalue weighted by molar-refractivity contribution is -0.143. The van der Waals surface area contributed by atoms with Gasteiger partial charge in [0, 0.05) is 36.1 Å². The predicted molar refractivity (Wildman–Crippen MR) is 148 cm³/mol. The van der Waals surface area contributed by atoms with Crippen molar-refractivity contribution in [1.29, 1.82) is 0 Å². The Balaban J connectivity index is 1.53. The molecule has 4 aromatic rings. The molecule has 9 heteroatoms. The van der Waals surface area contributed by atoms with Crippen LogP contribution >= 0.6 is 0 Å². The number of hydrogen-bond acceptors (Lipinski definition) is 5. The van der Waals surface area contributed by atoms with Gasteiger partial charge < -0.3 is 24.1 Å². The Kier molecular flexibility index (Phi) is 6.18. The smallest absolute Gasteiger partial charge is 0.418 e. The summed E-state index contributed by atoms with van der Waals surface area (Å²) in [5.41, 5.74) is 5.54. The minimum absolute atomic E-state index is 0.122. The number of nitrogens with zero attached hydrogens (tertiary/aromatic N) is 4. The number of carbonyl (C=O) groups is 2. The summed E-state index contributed by atoms with van der Waals surface area (Å²) < 4.78 is 9.11. The van der Waals surface area contributed by atoms with E-state index in [1.54, 1.807) is 0 Å². The molecule has 0 saturated heterocycles. The lowest BCUT2D eigenvalue weighted by Gasteiger charge is -2.31. The topological polar surface area (TPSA) is 110 Å². The Labute approximate surface area is 225 Å². The van der Waals surface area contributed by atoms with E-state index < -0.39 is 24.1 Å². The minimum Gasteiger partial charge on any atom is -0.481 e. The maximum absolute atomic E-state index is 12.6. The third kappa shape index (κ3) is 4.08. The van der Waals surface area contributed by atoms with Crippen LogP contribution in [-0.2, 0) is 23.0 Å². The van der Waals surface area contributed by atoms with E-state index in [-0.39, 0.29) is 6.04 Å². The van der Waals surface area contributed by atoms with E-state index in [0.717, 1.165) is 34.8 Å². The molecule has 0 bridgehead atoms. The zero-order valence-corrected chi connectivity index (χ0v) is 22.1. The van der Waals surface area contributed by atoms with Gasteiger partial charge in [0.05, 0.1) is 29.7 Å². The van der Waals surface area contributed by atoms with Gasteiger partial charge in [0.2, 0.25) is 0 Å². The summed E-state index contributed by atoms with van der Waals surface area (Å²) in [6.07, 6.45) is 4.38. The molecule has 2 aromatic carbocycles. The van der Waals surface area contributed by atoms with E-state index in [1.165, 1.54) is 12.0 Å². The number of imidazole rings is 1. The number of aliphatic hydroxyl groups is 1. The number of allylic oxidation sites excluding steroid dienone is 1. The van der Waals surface area contributed by atoms with E-state index in [1.807, 2.05) is 54.2 Å². The van der Waals surface area contributed by atoms with Gasteiger partial charge in [-0.1, -0.05) is 19.1 Å². The number of carbonyl (C=O) groups excluding carboxylic acids is 1. The maximum Gasteiger partial charge on any atom is 0.418 e. The number of amides is 1. The molecule has 3 heterocycles. The highest BCUT2D eigenvalue weighted by Gasteiger charge is 2.34. The number of carboxylic acids is 1. The molecule has 1 amide bonds. The van der Waals surface area contributed by atoms with Crippen molar-refractivity contribution >= 4 is 39.7 Å². The standard InChI is InChI=1S/C30H32N4O5/c1-17-7-9-22-24(33(17)30(38)39-3)11-12-25-26(22)31-28(34(25)21-6-4-5-20(16-21)29(36)37)27(35)19-8-10-23-18(15-19)13-14-32(23)2/h8,10-15,20-21,27,35H,1,4-7,9,16H2,2-3H3,(H,36,37)/t20-,21-,27-/m1/s1. The molecular formula is C30H32N4O5. The van der Waals surface area contributed by atoms with Crippen molar-refractivity contribution in [2.45, 2.75) is 50.7 Å². The first-order chi connectivity index (χ1) is 18.8. The highest BCUT2D eigenvalue weighted by Crippen LogP contribution is 2.42. The van der Waals surface area contributed by atoms with Gasteiger partial charge in [0.25, 0.3) is 0 Å². The fourth-order valence-corrected chi connectivity index (χ4v) is 6.37. The lowest BCUT2D eigenvalue weighted by atomic mass is 9.85. The highest BCUT2D eigenvalue weighted by molar-refractivity contribution is 5.97. The quantitative estimate of drug-likeness (QED) is 0.364. The average Bonchev–Trinajstić information content (AvgIpc) is 3.52. The number of carboxylic acid groups (broad SMARTS) is 1. The summed E-state index contributed by atoms with van der Waals surface area (Å²) in [6, 6.07) is 11.6. The zero-order chi connectivity index (χ0) is 27.4. The van der Waals surface area contributed by atoms with Crippen LogP contribution < -0.4 is 4.90 Å². The van der Waals surface area contributed by atoms with Crippen molar-refractivity contribution in [3.8, 4) is 0 Å². The van der Waals surface area contributed by atoms with Gasteiger partial charge in [-0.2, -0.15) is 0 Å². The molecule has 0 unspecified atom stereocenters. The molecule has 202 valence electrons. The van der Waals surface area contributed by atoms with Gasteiger partial charge >= 0.3 is 12.1 Å². The summed E-state index contributed by atoms with van der Waals surface area (Å²) in [7, 11) is 3.33. The third-order valence-electron chi connectivity index (χ3n) is 8.38. The van der Waals surface area contributed by atoms with Crippen molar-refractivity contribution in [2.75, 3.05) is 12.0 Å². The fraction of sp³-hybridized carbons (Fsp3) is 0.367. The molecule has 2 N–H and O–H groups in total. The number of fused-ring (bicyclic) bond motifs is 4. The average molecular weight is 529 g/mol. The number of anilines is 1. The molecule has 6 rings (SSSR count). The van der Waals surface area contributed by atoms with E-state index in [4.69, 9.17) is 9.72 Å². The monoisotopic (exact) mass is 528 g/mol. The second kappa shape index (κ2) is 9.57. The van der Waals surface area contributed by atoms with E-state index in [2.05, 4.69) is 11.1 Å². The van der Waals surface area contributed by atoms with Gasteiger partial charge in [-0.25, -0.2) is 9.78 Å². The molecule has 1 saturated carbocycles. The van der Waals surface area contributed by atoms with Gasteiger partial charge in [-0.15, -0.1) is 0 Å². The number of aryl methyl sites for hydroxylation is 2. The summed E-state index contributed by atoms with van der Waals surface area (Å²) in [5.74, 6) is -0.744. The lowest BCUT2D eigenvalue weighted by Crippen LogP contribution is -2.33. The van der Waals surface area contributed by atoms with Gasteiger partial charge in [-0.3, -0.25) is 9.69 Å². The van der Waals surface area contributed by atoms with Crippen LogP contribution in [0.2, 0.25) is 0 Å². The fourth-order valence-electron chi connectivity index (χ4n) is 6.37. The number of ether oxygens (including phenoxy) is 1. The number of aliphatic carboxylic acids is 1. The zero-order valence-electron chi connectivity index (χ0n) is 22.1. The number of aliphatic hydroxyl groups excluding tert-OH is 1. The maximum atomic E-state index is 12.6. The number of hydrogen-bond donors (Lipinski definition) is 2. The molecule has 1 fully saturated rings. The van der Waals surface area contributed by atoms with Crippen LogP contribution in [-0.4, -0.2) is 43.5 Å². The molecule has 0 radical (unpaired) electrons. The Morgan fingerprint density at radius 2 is 1.92 bits per heavy atom. The number of benzene rings is 2. The van der Waals surface area contributed by atoms with Crippen molar-refractivity contribution in [2.24, 2.45) is 13.0 Å². The SMILES string of the molecule is C=C1CCc2c(ccc3c2nc([C@H](O)c2ccc4c(ccn4C)c2)n3[C@@H]2CCC[C@@H](C(=O)O)C2)N1C(=O)OC. The normalized spacial score (nSPS) is 20.3. The van der Waals surface area contributed by atoms with Crippen LogP contribution in [0.15, 0.2) is 54.9 Å². The molecule has 1 aliphatic heterocycles. The van der Waals surface area contributed by atoms with Crippen LogP contribution in [0.1, 0.15) is 61.2 Å². The van der Waals surface area contributed by atoms with E-state index in [0.29, 0.717) is 54.0 Å². The van der Waals surface area contributed by atoms with Crippen LogP contribution in [0.25, 0.3) is 21.9 Å². The number of aromatic nitrogens is 3. The molecular weight excluding hydrogens is 496 g/mol. The molecule has 1 aliphatic carbocycles. The van der Waals surface area contributed by atoms with Crippen molar-refractivity contribution in [3.05, 3.63) is 71.8 Å². The molecule has 3 atom stereocenters. The van der Waals surface area contributed by atoms with Gasteiger partial charge in [-0.05, 0) is 73.4 Å². The molecule has 0 spiro atoms. The van der Waals surface area contributed by atoms with Crippen LogP contribution in [0.5, 0.6) is 0 Å². The van der Waals surface area contributed by atoms with Crippen molar-refractivity contribution in [1.82, 2.24) is 14.1 Å². The molecule has 39 heavy (non-hydrogen) atoms. The van der Waals surface area contributed by atoms with Crippen LogP contribution in [0.3, 0.4) is 0 Å². The van der Waals surface area contributed by atoms with Crippen molar-refractivity contribution in [3.63, 3.8) is 0 Å². The van der Waals surface area contributed by atoms with Crippen molar-refractivity contribution < 1.29 is 24.5 Å². The Bertz CT molecular complexity index is 1630. The van der Waals surface area contributed by atoms with Gasteiger partial charge in [0.15, 0.2) is 0 Å². The number of rotatable bonds is 4. The summed E-state index contributed by atoms with van der Waals surface area (Å²) in [6.45, 7) is 4.06.